The van der Waals surface area contributed by atoms with Gasteiger partial charge in [-0.25, -0.2) is 4.79 Å². The second-order valence-corrected chi connectivity index (χ2v) is 4.99. The second kappa shape index (κ2) is 5.16. The molecule has 1 rings (SSSR count). The van der Waals surface area contributed by atoms with Crippen LogP contribution >= 0.6 is 0 Å². The fraction of sp³-hybridized carbons (Fsp3) is 0.727. The van der Waals surface area contributed by atoms with Gasteiger partial charge in [-0.2, -0.15) is 0 Å². The molecule has 6 nitrogen and oxygen atoms in total. The standard InChI is InChI=1S/C11H18N2O4/c1-11(2,3)17-10(16)13-6-8(15)4-5-9(13)12-7-14/h7,9H,4-6H2,1-3H3,(H,12,14). The highest BCUT2D eigenvalue weighted by Crippen LogP contribution is 2.17. The molecule has 0 saturated carbocycles. The van der Waals surface area contributed by atoms with Crippen LogP contribution in [0.2, 0.25) is 0 Å². The van der Waals surface area contributed by atoms with E-state index in [1.807, 2.05) is 0 Å². The molecule has 1 atom stereocenters. The smallest absolute Gasteiger partial charge is 0.412 e. The third kappa shape index (κ3) is 4.05. The van der Waals surface area contributed by atoms with E-state index >= 15 is 0 Å². The Balaban J connectivity index is 2.71. The monoisotopic (exact) mass is 242 g/mol. The van der Waals surface area contributed by atoms with Crippen LogP contribution in [0.1, 0.15) is 33.6 Å². The first-order valence-electron chi connectivity index (χ1n) is 5.54. The van der Waals surface area contributed by atoms with Crippen molar-refractivity contribution < 1.29 is 19.1 Å². The van der Waals surface area contributed by atoms with Gasteiger partial charge in [-0.3, -0.25) is 14.5 Å². The van der Waals surface area contributed by atoms with Gasteiger partial charge in [0.2, 0.25) is 6.41 Å². The van der Waals surface area contributed by atoms with E-state index < -0.39 is 17.9 Å². The van der Waals surface area contributed by atoms with Gasteiger partial charge in [0, 0.05) is 6.42 Å². The molecule has 0 aliphatic carbocycles. The maximum absolute atomic E-state index is 11.8. The molecule has 1 heterocycles. The van der Waals surface area contributed by atoms with Gasteiger partial charge >= 0.3 is 6.09 Å². The van der Waals surface area contributed by atoms with Crippen LogP contribution in [0, 0.1) is 0 Å². The van der Waals surface area contributed by atoms with Crippen LogP contribution < -0.4 is 5.32 Å². The minimum Gasteiger partial charge on any atom is -0.444 e. The predicted molar refractivity (Wildman–Crippen MR) is 60.2 cm³/mol. The molecule has 0 aromatic carbocycles. The first-order valence-corrected chi connectivity index (χ1v) is 5.54. The number of nitrogens with one attached hydrogen (secondary N) is 1. The van der Waals surface area contributed by atoms with Crippen LogP contribution in [-0.2, 0) is 14.3 Å². The molecule has 1 unspecified atom stereocenters. The Morgan fingerprint density at radius 2 is 2.18 bits per heavy atom. The lowest BCUT2D eigenvalue weighted by atomic mass is 10.1. The highest BCUT2D eigenvalue weighted by Gasteiger charge is 2.33. The summed E-state index contributed by atoms with van der Waals surface area (Å²) < 4.78 is 5.18. The molecule has 96 valence electrons. The normalized spacial score (nSPS) is 21.0. The second-order valence-electron chi connectivity index (χ2n) is 4.99. The lowest BCUT2D eigenvalue weighted by molar-refractivity contribution is -0.125. The quantitative estimate of drug-likeness (QED) is 0.722. The first-order chi connectivity index (χ1) is 7.83. The molecule has 0 aromatic heterocycles. The van der Waals surface area contributed by atoms with E-state index in [4.69, 9.17) is 4.74 Å². The lowest BCUT2D eigenvalue weighted by Crippen LogP contribution is -2.54. The predicted octanol–water partition coefficient (Wildman–Crippen LogP) is 0.658. The molecule has 1 N–H and O–H groups in total. The van der Waals surface area contributed by atoms with Crippen molar-refractivity contribution in [3.8, 4) is 0 Å². The third-order valence-corrected chi connectivity index (χ3v) is 2.31. The van der Waals surface area contributed by atoms with Crippen molar-refractivity contribution in [2.45, 2.75) is 45.4 Å². The van der Waals surface area contributed by atoms with Crippen LogP contribution in [-0.4, -0.2) is 41.5 Å². The van der Waals surface area contributed by atoms with Crippen LogP contribution in [0.5, 0.6) is 0 Å². The van der Waals surface area contributed by atoms with Crippen LogP contribution in [0.15, 0.2) is 0 Å². The molecular formula is C11H18N2O4. The Morgan fingerprint density at radius 3 is 2.71 bits per heavy atom. The molecule has 0 bridgehead atoms. The Bertz CT molecular complexity index is 322. The van der Waals surface area contributed by atoms with Gasteiger partial charge in [-0.1, -0.05) is 0 Å². The number of hydrogen-bond donors (Lipinski definition) is 1. The zero-order chi connectivity index (χ0) is 13.1. The number of ether oxygens (including phenoxy) is 1. The number of likely N-dealkylation sites (tertiary alicyclic amines) is 1. The summed E-state index contributed by atoms with van der Waals surface area (Å²) >= 11 is 0. The molecule has 1 aliphatic heterocycles. The van der Waals surface area contributed by atoms with E-state index in [0.29, 0.717) is 19.3 Å². The van der Waals surface area contributed by atoms with Crippen molar-refractivity contribution in [3.05, 3.63) is 0 Å². The largest absolute Gasteiger partial charge is 0.444 e. The number of Topliss-reactive ketones (excluding diaryl/α,β-unsaturated/α-hetero) is 1. The Labute approximate surface area is 100 Å². The van der Waals surface area contributed by atoms with Crippen LogP contribution in [0.25, 0.3) is 0 Å². The van der Waals surface area contributed by atoms with Crippen LogP contribution in [0.3, 0.4) is 0 Å². The van der Waals surface area contributed by atoms with E-state index in [9.17, 15) is 14.4 Å². The maximum Gasteiger partial charge on any atom is 0.412 e. The summed E-state index contributed by atoms with van der Waals surface area (Å²) in [5.74, 6) is -0.0280. The summed E-state index contributed by atoms with van der Waals surface area (Å²) in [6.45, 7) is 5.23. The van der Waals surface area contributed by atoms with Gasteiger partial charge in [0.25, 0.3) is 0 Å². The Hall–Kier alpha value is -1.59. The average Bonchev–Trinajstić information content (AvgIpc) is 2.18. The molecule has 1 fully saturated rings. The van der Waals surface area contributed by atoms with Crippen molar-refractivity contribution in [1.29, 1.82) is 0 Å². The number of rotatable bonds is 2. The molecular weight excluding hydrogens is 224 g/mol. The van der Waals surface area contributed by atoms with E-state index in [-0.39, 0.29) is 12.3 Å². The highest BCUT2D eigenvalue weighted by molar-refractivity contribution is 5.85. The minimum absolute atomic E-state index is 0.0135. The number of hydrogen-bond acceptors (Lipinski definition) is 4. The maximum atomic E-state index is 11.8. The van der Waals surface area contributed by atoms with Gasteiger partial charge in [0.15, 0.2) is 5.78 Å². The SMILES string of the molecule is CC(C)(C)OC(=O)N1CC(=O)CCC1NC=O. The number of carbonyl (C=O) groups excluding carboxylic acids is 3. The lowest BCUT2D eigenvalue weighted by Gasteiger charge is -2.35. The Morgan fingerprint density at radius 1 is 1.53 bits per heavy atom. The van der Waals surface area contributed by atoms with Gasteiger partial charge in [0.1, 0.15) is 11.8 Å². The van der Waals surface area contributed by atoms with Gasteiger partial charge < -0.3 is 10.1 Å². The minimum atomic E-state index is -0.622. The molecule has 1 saturated heterocycles. The fourth-order valence-electron chi connectivity index (χ4n) is 1.60. The summed E-state index contributed by atoms with van der Waals surface area (Å²) in [5.41, 5.74) is -0.622. The number of amides is 2. The number of carbonyl (C=O) groups is 3. The topological polar surface area (TPSA) is 75.7 Å². The first kappa shape index (κ1) is 13.5. The summed E-state index contributed by atoms with van der Waals surface area (Å²) in [5, 5.41) is 2.51. The molecule has 6 heteroatoms. The number of piperidine rings is 1. The van der Waals surface area contributed by atoms with E-state index in [0.717, 1.165) is 0 Å². The van der Waals surface area contributed by atoms with Crippen molar-refractivity contribution in [3.63, 3.8) is 0 Å². The number of ketones is 1. The zero-order valence-corrected chi connectivity index (χ0v) is 10.4. The van der Waals surface area contributed by atoms with Gasteiger partial charge in [-0.05, 0) is 27.2 Å². The summed E-state index contributed by atoms with van der Waals surface area (Å²) in [6, 6.07) is 0. The van der Waals surface area contributed by atoms with Crippen molar-refractivity contribution in [2.75, 3.05) is 6.54 Å². The third-order valence-electron chi connectivity index (χ3n) is 2.31. The van der Waals surface area contributed by atoms with Crippen LogP contribution in [0.4, 0.5) is 4.79 Å². The van der Waals surface area contributed by atoms with E-state index in [2.05, 4.69) is 5.32 Å². The van der Waals surface area contributed by atoms with Gasteiger partial charge in [0.05, 0.1) is 6.54 Å². The fourth-order valence-corrected chi connectivity index (χ4v) is 1.60. The summed E-state index contributed by atoms with van der Waals surface area (Å²) in [4.78, 5) is 34.9. The van der Waals surface area contributed by atoms with Crippen molar-refractivity contribution in [1.82, 2.24) is 10.2 Å². The molecule has 2 amide bonds. The Kier molecular flexibility index (Phi) is 4.09. The van der Waals surface area contributed by atoms with Gasteiger partial charge in [-0.15, -0.1) is 0 Å². The van der Waals surface area contributed by atoms with Crippen molar-refractivity contribution in [2.24, 2.45) is 0 Å². The summed E-state index contributed by atoms with van der Waals surface area (Å²) in [6.07, 6.45) is 0.282. The zero-order valence-electron chi connectivity index (χ0n) is 10.4. The average molecular weight is 242 g/mol. The van der Waals surface area contributed by atoms with Crippen molar-refractivity contribution >= 4 is 18.3 Å². The summed E-state index contributed by atoms with van der Waals surface area (Å²) in [7, 11) is 0. The van der Waals surface area contributed by atoms with E-state index in [1.54, 1.807) is 20.8 Å². The molecule has 17 heavy (non-hydrogen) atoms. The molecule has 0 aromatic rings. The van der Waals surface area contributed by atoms with E-state index in [1.165, 1.54) is 4.90 Å². The molecule has 0 radical (unpaired) electrons. The molecule has 1 aliphatic rings. The molecule has 0 spiro atoms. The number of nitrogens with zero attached hydrogens (tertiary/aromatic N) is 1. The highest BCUT2D eigenvalue weighted by atomic mass is 16.6.